The van der Waals surface area contributed by atoms with Crippen LogP contribution >= 0.6 is 0 Å². The summed E-state index contributed by atoms with van der Waals surface area (Å²) in [7, 11) is 0. The third kappa shape index (κ3) is 2.99. The summed E-state index contributed by atoms with van der Waals surface area (Å²) in [5.41, 5.74) is 2.39. The molecule has 6 heteroatoms. The minimum absolute atomic E-state index is 0.0618. The fraction of sp³-hybridized carbons (Fsp3) is 0.364. The van der Waals surface area contributed by atoms with E-state index < -0.39 is 0 Å². The van der Waals surface area contributed by atoms with Crippen LogP contribution in [0.2, 0.25) is 0 Å². The highest BCUT2D eigenvalue weighted by Crippen LogP contribution is 2.41. The van der Waals surface area contributed by atoms with Gasteiger partial charge in [-0.1, -0.05) is 24.3 Å². The number of nitrogens with one attached hydrogen (secondary N) is 1. The van der Waals surface area contributed by atoms with E-state index in [4.69, 9.17) is 9.47 Å². The molecular weight excluding hydrogens is 354 g/mol. The number of para-hydroxylation sites is 1. The van der Waals surface area contributed by atoms with Gasteiger partial charge in [0.2, 0.25) is 0 Å². The summed E-state index contributed by atoms with van der Waals surface area (Å²) in [6.45, 7) is 3.12. The van der Waals surface area contributed by atoms with Gasteiger partial charge >= 0.3 is 0 Å². The monoisotopic (exact) mass is 377 g/mol. The first-order valence-electron chi connectivity index (χ1n) is 9.72. The van der Waals surface area contributed by atoms with Crippen LogP contribution in [-0.2, 0) is 16.1 Å². The van der Waals surface area contributed by atoms with Gasteiger partial charge < -0.3 is 19.4 Å². The minimum Gasteiger partial charge on any atom is -0.375 e. The number of likely N-dealkylation sites (tertiary alicyclic amines) is 1. The summed E-state index contributed by atoms with van der Waals surface area (Å²) in [6, 6.07) is 13.7. The predicted molar refractivity (Wildman–Crippen MR) is 105 cm³/mol. The number of H-pyrrole nitrogens is 1. The lowest BCUT2D eigenvalue weighted by molar-refractivity contribution is -0.129. The van der Waals surface area contributed by atoms with Crippen molar-refractivity contribution >= 4 is 16.8 Å². The molecule has 1 atom stereocenters. The molecule has 2 saturated heterocycles. The number of rotatable bonds is 5. The van der Waals surface area contributed by atoms with Gasteiger partial charge in [-0.05, 0) is 24.6 Å². The Kier molecular flexibility index (Phi) is 4.37. The topological polar surface area (TPSA) is 67.5 Å². The van der Waals surface area contributed by atoms with Gasteiger partial charge in [-0.2, -0.15) is 0 Å². The van der Waals surface area contributed by atoms with Gasteiger partial charge in [0.05, 0.1) is 37.6 Å². The van der Waals surface area contributed by atoms with Crippen molar-refractivity contribution in [1.82, 2.24) is 14.9 Å². The molecule has 1 amide bonds. The largest absolute Gasteiger partial charge is 0.375 e. The van der Waals surface area contributed by atoms with Gasteiger partial charge in [-0.15, -0.1) is 0 Å². The Morgan fingerprint density at radius 1 is 1.25 bits per heavy atom. The van der Waals surface area contributed by atoms with Crippen molar-refractivity contribution in [3.05, 3.63) is 66.1 Å². The Morgan fingerprint density at radius 2 is 2.11 bits per heavy atom. The maximum Gasteiger partial charge on any atom is 0.256 e. The van der Waals surface area contributed by atoms with E-state index in [1.54, 1.807) is 12.4 Å². The molecule has 2 aliphatic heterocycles. The molecule has 1 N–H and O–H groups in total. The number of ether oxygens (including phenoxy) is 2. The molecule has 6 nitrogen and oxygen atoms in total. The normalized spacial score (nSPS) is 20.6. The lowest BCUT2D eigenvalue weighted by atomic mass is 9.81. The second kappa shape index (κ2) is 7.04. The van der Waals surface area contributed by atoms with Gasteiger partial charge in [0.15, 0.2) is 0 Å². The molecule has 1 aromatic carbocycles. The van der Waals surface area contributed by atoms with Crippen LogP contribution in [0.25, 0.3) is 10.9 Å². The van der Waals surface area contributed by atoms with Crippen LogP contribution in [0, 0.1) is 5.92 Å². The number of hydrogen-bond donors (Lipinski definition) is 1. The molecule has 144 valence electrons. The number of amides is 1. The average molecular weight is 377 g/mol. The van der Waals surface area contributed by atoms with Crippen LogP contribution < -0.4 is 0 Å². The van der Waals surface area contributed by atoms with Crippen molar-refractivity contribution in [2.75, 3.05) is 26.3 Å². The molecule has 2 aliphatic rings. The second-order valence-electron chi connectivity index (χ2n) is 7.64. The number of aromatic nitrogens is 2. The Hall–Kier alpha value is -2.70. The molecule has 2 aromatic heterocycles. The molecule has 5 rings (SSSR count). The number of carbonyl (C=O) groups is 1. The molecule has 0 radical (unpaired) electrons. The van der Waals surface area contributed by atoms with Gasteiger partial charge in [-0.25, -0.2) is 0 Å². The Morgan fingerprint density at radius 3 is 2.96 bits per heavy atom. The molecule has 28 heavy (non-hydrogen) atoms. The van der Waals surface area contributed by atoms with Crippen LogP contribution in [-0.4, -0.2) is 52.7 Å². The van der Waals surface area contributed by atoms with E-state index in [1.807, 2.05) is 47.4 Å². The fourth-order valence-corrected chi connectivity index (χ4v) is 4.32. The minimum atomic E-state index is -0.258. The van der Waals surface area contributed by atoms with E-state index in [0.29, 0.717) is 32.2 Å². The first kappa shape index (κ1) is 17.4. The number of fused-ring (bicyclic) bond motifs is 1. The highest BCUT2D eigenvalue weighted by molar-refractivity contribution is 6.07. The molecule has 3 aromatic rings. The molecule has 2 fully saturated rings. The third-order valence-electron chi connectivity index (χ3n) is 5.92. The van der Waals surface area contributed by atoms with Crippen molar-refractivity contribution in [1.29, 1.82) is 0 Å². The quantitative estimate of drug-likeness (QED) is 0.742. The predicted octanol–water partition coefficient (Wildman–Crippen LogP) is 3.01. The first-order chi connectivity index (χ1) is 13.8. The molecule has 0 aliphatic carbocycles. The summed E-state index contributed by atoms with van der Waals surface area (Å²) < 4.78 is 12.0. The zero-order valence-electron chi connectivity index (χ0n) is 15.6. The lowest BCUT2D eigenvalue weighted by Crippen LogP contribution is -2.66. The van der Waals surface area contributed by atoms with Crippen LogP contribution in [0.5, 0.6) is 0 Å². The van der Waals surface area contributed by atoms with E-state index in [-0.39, 0.29) is 11.5 Å². The van der Waals surface area contributed by atoms with Gasteiger partial charge in [0.1, 0.15) is 5.60 Å². The molecule has 0 unspecified atom stereocenters. The zero-order valence-corrected chi connectivity index (χ0v) is 15.6. The van der Waals surface area contributed by atoms with E-state index in [2.05, 4.69) is 9.97 Å². The number of nitrogens with zero attached hydrogens (tertiary/aromatic N) is 2. The first-order valence-corrected chi connectivity index (χ1v) is 9.72. The lowest BCUT2D eigenvalue weighted by Gasteiger charge is -2.50. The van der Waals surface area contributed by atoms with Crippen LogP contribution in [0.1, 0.15) is 22.5 Å². The highest BCUT2D eigenvalue weighted by atomic mass is 16.5. The van der Waals surface area contributed by atoms with Crippen molar-refractivity contribution in [3.63, 3.8) is 0 Å². The van der Waals surface area contributed by atoms with Crippen molar-refractivity contribution in [2.24, 2.45) is 5.92 Å². The van der Waals surface area contributed by atoms with Crippen LogP contribution in [0.15, 0.2) is 54.9 Å². The summed E-state index contributed by atoms with van der Waals surface area (Å²) in [5, 5.41) is 0.969. The van der Waals surface area contributed by atoms with Crippen molar-refractivity contribution < 1.29 is 14.3 Å². The summed E-state index contributed by atoms with van der Waals surface area (Å²) in [4.78, 5) is 22.3. The molecular formula is C22H23N3O3. The number of aromatic amines is 1. The molecule has 1 spiro atoms. The van der Waals surface area contributed by atoms with Gasteiger partial charge in [-0.3, -0.25) is 9.78 Å². The molecule has 4 heterocycles. The Labute approximate surface area is 163 Å². The smallest absolute Gasteiger partial charge is 0.256 e. The van der Waals surface area contributed by atoms with E-state index >= 15 is 0 Å². The van der Waals surface area contributed by atoms with E-state index in [1.165, 1.54) is 0 Å². The zero-order chi connectivity index (χ0) is 19.0. The number of pyridine rings is 1. The Bertz CT molecular complexity index is 979. The van der Waals surface area contributed by atoms with E-state index in [9.17, 15) is 4.79 Å². The van der Waals surface area contributed by atoms with E-state index in [0.717, 1.165) is 35.2 Å². The number of benzene rings is 1. The van der Waals surface area contributed by atoms with Crippen molar-refractivity contribution in [3.8, 4) is 0 Å². The number of carbonyl (C=O) groups excluding carboxylic acids is 1. The maximum absolute atomic E-state index is 13.0. The Balaban J connectivity index is 1.21. The molecule has 0 saturated carbocycles. The third-order valence-corrected chi connectivity index (χ3v) is 5.92. The summed E-state index contributed by atoms with van der Waals surface area (Å²) in [6.07, 6.45) is 4.55. The SMILES string of the molecule is O=C(c1c[nH]c2ccccc12)N1CC2(C1)OCC[C@H]2COCc1ccccn1. The maximum atomic E-state index is 13.0. The highest BCUT2D eigenvalue weighted by Gasteiger charge is 2.54. The average Bonchev–Trinajstić information content (AvgIpc) is 3.32. The van der Waals surface area contributed by atoms with Gasteiger partial charge in [0.25, 0.3) is 5.91 Å². The molecule has 0 bridgehead atoms. The van der Waals surface area contributed by atoms with Crippen molar-refractivity contribution in [2.45, 2.75) is 18.6 Å². The van der Waals surface area contributed by atoms with Crippen LogP contribution in [0.4, 0.5) is 0 Å². The number of hydrogen-bond acceptors (Lipinski definition) is 4. The summed E-state index contributed by atoms with van der Waals surface area (Å²) >= 11 is 0. The second-order valence-corrected chi connectivity index (χ2v) is 7.64. The van der Waals surface area contributed by atoms with Gasteiger partial charge in [0, 0.05) is 35.8 Å². The summed E-state index contributed by atoms with van der Waals surface area (Å²) in [5.74, 6) is 0.370. The van der Waals surface area contributed by atoms with Crippen LogP contribution in [0.3, 0.4) is 0 Å². The standard InChI is InChI=1S/C22H23N3O3/c26-21(19-11-24-20-7-2-1-6-18(19)20)25-14-22(15-25)16(8-10-28-22)12-27-13-17-5-3-4-9-23-17/h1-7,9,11,16,24H,8,10,12-15H2/t16-/m0/s1. The fourth-order valence-electron chi connectivity index (χ4n) is 4.32.